The van der Waals surface area contributed by atoms with Crippen LogP contribution in [-0.4, -0.2) is 48.2 Å². The summed E-state index contributed by atoms with van der Waals surface area (Å²) >= 11 is 0. The Bertz CT molecular complexity index is 362. The van der Waals surface area contributed by atoms with Gasteiger partial charge in [0, 0.05) is 19.7 Å². The first-order chi connectivity index (χ1) is 8.37. The average molecular weight is 255 g/mol. The zero-order valence-electron chi connectivity index (χ0n) is 11.1. The lowest BCUT2D eigenvalue weighted by Gasteiger charge is -2.35. The molecule has 0 radical (unpaired) electrons. The van der Waals surface area contributed by atoms with Gasteiger partial charge in [-0.1, -0.05) is 0 Å². The van der Waals surface area contributed by atoms with Crippen molar-refractivity contribution < 1.29 is 19.4 Å². The van der Waals surface area contributed by atoms with Crippen LogP contribution in [-0.2, 0) is 14.3 Å². The fourth-order valence-electron chi connectivity index (χ4n) is 2.79. The van der Waals surface area contributed by atoms with Crippen molar-refractivity contribution in [1.82, 2.24) is 4.90 Å². The number of carbonyl (C=O) groups is 2. The zero-order chi connectivity index (χ0) is 13.4. The predicted octanol–water partition coefficient (Wildman–Crippen LogP) is 1.13. The van der Waals surface area contributed by atoms with Gasteiger partial charge in [-0.15, -0.1) is 0 Å². The van der Waals surface area contributed by atoms with Crippen LogP contribution in [0.15, 0.2) is 0 Å². The molecule has 2 aliphatic rings. The van der Waals surface area contributed by atoms with Crippen molar-refractivity contribution in [3.63, 3.8) is 0 Å². The highest BCUT2D eigenvalue weighted by atomic mass is 16.5. The lowest BCUT2D eigenvalue weighted by Crippen LogP contribution is -2.46. The number of likely N-dealkylation sites (tertiary alicyclic amines) is 1. The smallest absolute Gasteiger partial charge is 0.311 e. The Balaban J connectivity index is 2.05. The highest BCUT2D eigenvalue weighted by Crippen LogP contribution is 2.36. The molecule has 2 aliphatic heterocycles. The SMILES string of the molecule is CC1(C(=O)O)CCN(C(=O)C2(C)CCCOC2)C1. The molecule has 2 unspecified atom stereocenters. The Labute approximate surface area is 107 Å². The summed E-state index contributed by atoms with van der Waals surface area (Å²) in [6, 6.07) is 0. The maximum absolute atomic E-state index is 12.5. The van der Waals surface area contributed by atoms with Crippen molar-refractivity contribution in [3.05, 3.63) is 0 Å². The molecule has 5 nitrogen and oxygen atoms in total. The third-order valence-electron chi connectivity index (χ3n) is 4.23. The molecule has 0 aromatic carbocycles. The predicted molar refractivity (Wildman–Crippen MR) is 65.1 cm³/mol. The van der Waals surface area contributed by atoms with Crippen molar-refractivity contribution in [1.29, 1.82) is 0 Å². The molecule has 2 fully saturated rings. The van der Waals surface area contributed by atoms with Gasteiger partial charge in [-0.25, -0.2) is 0 Å². The van der Waals surface area contributed by atoms with Crippen LogP contribution < -0.4 is 0 Å². The van der Waals surface area contributed by atoms with Crippen molar-refractivity contribution in [2.45, 2.75) is 33.1 Å². The Morgan fingerprint density at radius 2 is 1.94 bits per heavy atom. The first kappa shape index (κ1) is 13.3. The molecule has 102 valence electrons. The Morgan fingerprint density at radius 1 is 1.22 bits per heavy atom. The summed E-state index contributed by atoms with van der Waals surface area (Å²) in [5.74, 6) is -0.768. The lowest BCUT2D eigenvalue weighted by atomic mass is 9.83. The molecule has 1 amide bonds. The molecule has 2 heterocycles. The number of rotatable bonds is 2. The van der Waals surface area contributed by atoms with E-state index in [1.165, 1.54) is 0 Å². The summed E-state index contributed by atoms with van der Waals surface area (Å²) in [6.07, 6.45) is 2.25. The lowest BCUT2D eigenvalue weighted by molar-refractivity contribution is -0.150. The van der Waals surface area contributed by atoms with Crippen LogP contribution in [0.25, 0.3) is 0 Å². The molecule has 0 aromatic heterocycles. The summed E-state index contributed by atoms with van der Waals surface area (Å²) in [7, 11) is 0. The molecule has 0 aromatic rings. The first-order valence-corrected chi connectivity index (χ1v) is 6.48. The van der Waals surface area contributed by atoms with Crippen molar-refractivity contribution in [2.24, 2.45) is 10.8 Å². The summed E-state index contributed by atoms with van der Waals surface area (Å²) in [6.45, 7) is 5.66. The summed E-state index contributed by atoms with van der Waals surface area (Å²) < 4.78 is 5.40. The number of carboxylic acids is 1. The van der Waals surface area contributed by atoms with Gasteiger partial charge < -0.3 is 14.7 Å². The molecular weight excluding hydrogens is 234 g/mol. The van der Waals surface area contributed by atoms with E-state index in [1.807, 2.05) is 6.92 Å². The van der Waals surface area contributed by atoms with E-state index in [9.17, 15) is 14.7 Å². The van der Waals surface area contributed by atoms with Crippen LogP contribution in [0, 0.1) is 10.8 Å². The average Bonchev–Trinajstić information content (AvgIpc) is 2.73. The number of hydrogen-bond acceptors (Lipinski definition) is 3. The van der Waals surface area contributed by atoms with E-state index in [2.05, 4.69) is 0 Å². The van der Waals surface area contributed by atoms with E-state index in [-0.39, 0.29) is 5.91 Å². The second kappa shape index (κ2) is 4.53. The van der Waals surface area contributed by atoms with E-state index < -0.39 is 16.8 Å². The highest BCUT2D eigenvalue weighted by molar-refractivity contribution is 5.84. The van der Waals surface area contributed by atoms with Gasteiger partial charge in [0.15, 0.2) is 0 Å². The maximum Gasteiger partial charge on any atom is 0.311 e. The maximum atomic E-state index is 12.5. The van der Waals surface area contributed by atoms with Gasteiger partial charge in [0.1, 0.15) is 0 Å². The van der Waals surface area contributed by atoms with Crippen molar-refractivity contribution in [2.75, 3.05) is 26.3 Å². The number of aliphatic carboxylic acids is 1. The fraction of sp³-hybridized carbons (Fsp3) is 0.846. The first-order valence-electron chi connectivity index (χ1n) is 6.48. The quantitative estimate of drug-likeness (QED) is 0.803. The molecule has 0 saturated carbocycles. The fourth-order valence-corrected chi connectivity index (χ4v) is 2.79. The van der Waals surface area contributed by atoms with Crippen molar-refractivity contribution >= 4 is 11.9 Å². The van der Waals surface area contributed by atoms with Crippen molar-refractivity contribution in [3.8, 4) is 0 Å². The second-order valence-corrected chi connectivity index (χ2v) is 6.06. The van der Waals surface area contributed by atoms with Gasteiger partial charge in [0.2, 0.25) is 5.91 Å². The van der Waals surface area contributed by atoms with Gasteiger partial charge in [-0.3, -0.25) is 9.59 Å². The molecule has 2 rings (SSSR count). The standard InChI is InChI=1S/C13H21NO4/c1-12(11(16)17)5-6-14(8-12)10(15)13(2)4-3-7-18-9-13/h3-9H2,1-2H3,(H,16,17). The Morgan fingerprint density at radius 3 is 2.44 bits per heavy atom. The number of carboxylic acid groups (broad SMARTS) is 1. The molecule has 2 saturated heterocycles. The minimum atomic E-state index is -0.817. The van der Waals surface area contributed by atoms with Gasteiger partial charge in [0.05, 0.1) is 17.4 Å². The minimum absolute atomic E-state index is 0.0483. The molecule has 2 atom stereocenters. The van der Waals surface area contributed by atoms with Crippen LogP contribution in [0.4, 0.5) is 0 Å². The van der Waals surface area contributed by atoms with Crippen LogP contribution in [0.5, 0.6) is 0 Å². The topological polar surface area (TPSA) is 66.8 Å². The van der Waals surface area contributed by atoms with Crippen LogP contribution in [0.3, 0.4) is 0 Å². The highest BCUT2D eigenvalue weighted by Gasteiger charge is 2.46. The van der Waals surface area contributed by atoms with E-state index >= 15 is 0 Å². The Kier molecular flexibility index (Phi) is 3.36. The number of nitrogens with zero attached hydrogens (tertiary/aromatic N) is 1. The van der Waals surface area contributed by atoms with Crippen LogP contribution in [0.2, 0.25) is 0 Å². The molecule has 5 heteroatoms. The van der Waals surface area contributed by atoms with E-state index in [0.717, 1.165) is 19.4 Å². The zero-order valence-corrected chi connectivity index (χ0v) is 11.1. The molecule has 0 spiro atoms. The van der Waals surface area contributed by atoms with Gasteiger partial charge in [-0.2, -0.15) is 0 Å². The van der Waals surface area contributed by atoms with Crippen LogP contribution >= 0.6 is 0 Å². The number of ether oxygens (including phenoxy) is 1. The molecule has 0 aliphatic carbocycles. The third kappa shape index (κ3) is 2.23. The van der Waals surface area contributed by atoms with E-state index in [4.69, 9.17) is 4.74 Å². The Hall–Kier alpha value is -1.10. The van der Waals surface area contributed by atoms with Gasteiger partial charge in [-0.05, 0) is 33.1 Å². The molecular formula is C13H21NO4. The molecule has 18 heavy (non-hydrogen) atoms. The second-order valence-electron chi connectivity index (χ2n) is 6.06. The van der Waals surface area contributed by atoms with Crippen LogP contribution in [0.1, 0.15) is 33.1 Å². The number of carbonyl (C=O) groups excluding carboxylic acids is 1. The normalized spacial score (nSPS) is 36.7. The summed E-state index contributed by atoms with van der Waals surface area (Å²) in [5.41, 5.74) is -1.26. The summed E-state index contributed by atoms with van der Waals surface area (Å²) in [4.78, 5) is 25.4. The number of hydrogen-bond donors (Lipinski definition) is 1. The number of amides is 1. The summed E-state index contributed by atoms with van der Waals surface area (Å²) in [5, 5.41) is 9.18. The molecule has 0 bridgehead atoms. The van der Waals surface area contributed by atoms with E-state index in [0.29, 0.717) is 26.1 Å². The van der Waals surface area contributed by atoms with Gasteiger partial charge in [0.25, 0.3) is 0 Å². The minimum Gasteiger partial charge on any atom is -0.481 e. The third-order valence-corrected chi connectivity index (χ3v) is 4.23. The van der Waals surface area contributed by atoms with Gasteiger partial charge >= 0.3 is 5.97 Å². The van der Waals surface area contributed by atoms with E-state index in [1.54, 1.807) is 11.8 Å². The molecule has 1 N–H and O–H groups in total. The largest absolute Gasteiger partial charge is 0.481 e. The monoisotopic (exact) mass is 255 g/mol.